The Morgan fingerprint density at radius 3 is 2.47 bits per heavy atom. The van der Waals surface area contributed by atoms with E-state index in [1.54, 1.807) is 16.8 Å². The molecule has 0 radical (unpaired) electrons. The van der Waals surface area contributed by atoms with Crippen molar-refractivity contribution in [2.75, 3.05) is 13.1 Å². The van der Waals surface area contributed by atoms with Crippen LogP contribution in [-0.2, 0) is 6.54 Å². The third-order valence-corrected chi connectivity index (χ3v) is 6.14. The zero-order valence-corrected chi connectivity index (χ0v) is 17.7. The minimum absolute atomic E-state index is 0.0715. The highest BCUT2D eigenvalue weighted by Crippen LogP contribution is 2.35. The van der Waals surface area contributed by atoms with Crippen molar-refractivity contribution in [1.29, 1.82) is 0 Å². The predicted octanol–water partition coefficient (Wildman–Crippen LogP) is 4.13. The third kappa shape index (κ3) is 4.17. The fourth-order valence-corrected chi connectivity index (χ4v) is 4.36. The van der Waals surface area contributed by atoms with Crippen LogP contribution in [0.3, 0.4) is 0 Å². The summed E-state index contributed by atoms with van der Waals surface area (Å²) in [7, 11) is 0. The number of benzene rings is 1. The van der Waals surface area contributed by atoms with E-state index in [0.29, 0.717) is 18.0 Å². The lowest BCUT2D eigenvalue weighted by Crippen LogP contribution is -2.40. The topological polar surface area (TPSA) is 58.4 Å². The fourth-order valence-electron chi connectivity index (χ4n) is 4.36. The third-order valence-electron chi connectivity index (χ3n) is 6.14. The Morgan fingerprint density at radius 1 is 1.10 bits per heavy atom. The van der Waals surface area contributed by atoms with Gasteiger partial charge in [-0.05, 0) is 62.5 Å². The average molecular weight is 404 g/mol. The van der Waals surface area contributed by atoms with Crippen LogP contribution in [0.15, 0.2) is 65.6 Å². The molecule has 0 aliphatic carbocycles. The van der Waals surface area contributed by atoms with Crippen LogP contribution < -0.4 is 5.56 Å². The molecule has 1 atom stereocenters. The van der Waals surface area contributed by atoms with Gasteiger partial charge in [0.05, 0.1) is 23.8 Å². The van der Waals surface area contributed by atoms with Gasteiger partial charge in [-0.3, -0.25) is 14.7 Å². The highest BCUT2D eigenvalue weighted by molar-refractivity contribution is 5.41. The van der Waals surface area contributed by atoms with Crippen LogP contribution in [0.25, 0.3) is 0 Å². The minimum Gasteiger partial charge on any atom is -0.507 e. The Morgan fingerprint density at radius 2 is 1.80 bits per heavy atom. The molecule has 0 amide bonds. The van der Waals surface area contributed by atoms with Gasteiger partial charge in [0.2, 0.25) is 0 Å². The van der Waals surface area contributed by atoms with E-state index >= 15 is 0 Å². The SMILES string of the molecule is Cc1cc(O)c(C(c2ccccc2)N2CCC(C)CC2)c(=O)n1Cc1ccccn1. The molecule has 1 fully saturated rings. The van der Waals surface area contributed by atoms with Crippen molar-refractivity contribution in [3.05, 3.63) is 93.7 Å². The van der Waals surface area contributed by atoms with Gasteiger partial charge in [0.25, 0.3) is 5.56 Å². The fraction of sp³-hybridized carbons (Fsp3) is 0.360. The lowest BCUT2D eigenvalue weighted by atomic mass is 9.92. The standard InChI is InChI=1S/C25H29N3O2/c1-18-11-14-27(15-12-18)24(20-8-4-3-5-9-20)23-22(29)16-19(2)28(25(23)30)17-21-10-6-7-13-26-21/h3-10,13,16,18,24,29H,11-12,14-15,17H2,1-2H3. The van der Waals surface area contributed by atoms with Crippen LogP contribution in [-0.4, -0.2) is 32.6 Å². The van der Waals surface area contributed by atoms with Crippen molar-refractivity contribution < 1.29 is 5.11 Å². The highest BCUT2D eigenvalue weighted by Gasteiger charge is 2.31. The average Bonchev–Trinajstić information content (AvgIpc) is 2.76. The smallest absolute Gasteiger partial charge is 0.260 e. The van der Waals surface area contributed by atoms with Crippen LogP contribution in [0.4, 0.5) is 0 Å². The Balaban J connectivity index is 1.82. The molecule has 0 bridgehead atoms. The van der Waals surface area contributed by atoms with Crippen LogP contribution >= 0.6 is 0 Å². The summed E-state index contributed by atoms with van der Waals surface area (Å²) in [5, 5.41) is 10.9. The van der Waals surface area contributed by atoms with Crippen molar-refractivity contribution in [2.45, 2.75) is 39.3 Å². The molecule has 1 aliphatic rings. The van der Waals surface area contributed by atoms with Gasteiger partial charge < -0.3 is 9.67 Å². The van der Waals surface area contributed by atoms with Crippen LogP contribution in [0, 0.1) is 12.8 Å². The zero-order valence-electron chi connectivity index (χ0n) is 17.7. The number of likely N-dealkylation sites (tertiary alicyclic amines) is 1. The first-order valence-electron chi connectivity index (χ1n) is 10.7. The molecule has 3 heterocycles. The molecule has 1 aliphatic heterocycles. The van der Waals surface area contributed by atoms with Crippen molar-refractivity contribution in [3.8, 4) is 5.75 Å². The molecule has 156 valence electrons. The first-order chi connectivity index (χ1) is 14.5. The number of aromatic hydroxyl groups is 1. The van der Waals surface area contributed by atoms with Crippen LogP contribution in [0.2, 0.25) is 0 Å². The molecule has 3 aromatic rings. The van der Waals surface area contributed by atoms with Gasteiger partial charge in [-0.15, -0.1) is 0 Å². The molecule has 4 rings (SSSR count). The van der Waals surface area contributed by atoms with E-state index in [9.17, 15) is 9.90 Å². The summed E-state index contributed by atoms with van der Waals surface area (Å²) in [6.07, 6.45) is 3.93. The van der Waals surface area contributed by atoms with Crippen molar-refractivity contribution in [1.82, 2.24) is 14.5 Å². The van der Waals surface area contributed by atoms with Crippen LogP contribution in [0.5, 0.6) is 5.75 Å². The van der Waals surface area contributed by atoms with E-state index in [0.717, 1.165) is 42.9 Å². The number of hydrogen-bond donors (Lipinski definition) is 1. The zero-order chi connectivity index (χ0) is 21.1. The second kappa shape index (κ2) is 8.84. The number of nitrogens with zero attached hydrogens (tertiary/aromatic N) is 3. The van der Waals surface area contributed by atoms with Crippen molar-refractivity contribution in [3.63, 3.8) is 0 Å². The van der Waals surface area contributed by atoms with Gasteiger partial charge in [-0.2, -0.15) is 0 Å². The van der Waals surface area contributed by atoms with Crippen molar-refractivity contribution in [2.24, 2.45) is 5.92 Å². The Kier molecular flexibility index (Phi) is 6.00. The van der Waals surface area contributed by atoms with Crippen LogP contribution in [0.1, 0.15) is 48.3 Å². The van der Waals surface area contributed by atoms with Crippen molar-refractivity contribution >= 4 is 0 Å². The van der Waals surface area contributed by atoms with E-state index < -0.39 is 0 Å². The summed E-state index contributed by atoms with van der Waals surface area (Å²) in [4.78, 5) is 20.4. The molecular weight excluding hydrogens is 374 g/mol. The maximum atomic E-state index is 13.7. The quantitative estimate of drug-likeness (QED) is 0.696. The second-order valence-corrected chi connectivity index (χ2v) is 8.33. The molecule has 30 heavy (non-hydrogen) atoms. The molecule has 2 aromatic heterocycles. The predicted molar refractivity (Wildman–Crippen MR) is 119 cm³/mol. The maximum absolute atomic E-state index is 13.7. The first kappa shape index (κ1) is 20.4. The van der Waals surface area contributed by atoms with Gasteiger partial charge in [0, 0.05) is 11.9 Å². The molecule has 0 saturated carbocycles. The lowest BCUT2D eigenvalue weighted by Gasteiger charge is -2.37. The Bertz CT molecular complexity index is 1040. The summed E-state index contributed by atoms with van der Waals surface area (Å²) < 4.78 is 1.72. The molecule has 5 nitrogen and oxygen atoms in total. The molecule has 1 N–H and O–H groups in total. The van der Waals surface area contributed by atoms with Gasteiger partial charge in [0.1, 0.15) is 5.75 Å². The van der Waals surface area contributed by atoms with E-state index in [1.807, 2.05) is 55.5 Å². The number of piperidine rings is 1. The molecule has 0 spiro atoms. The number of rotatable bonds is 5. The van der Waals surface area contributed by atoms with Gasteiger partial charge in [-0.25, -0.2) is 0 Å². The number of aromatic nitrogens is 2. The molecular formula is C25H29N3O2. The Labute approximate surface area is 177 Å². The molecule has 1 unspecified atom stereocenters. The van der Waals surface area contributed by atoms with E-state index in [2.05, 4.69) is 16.8 Å². The van der Waals surface area contributed by atoms with Gasteiger partial charge in [0.15, 0.2) is 0 Å². The first-order valence-corrected chi connectivity index (χ1v) is 10.7. The van der Waals surface area contributed by atoms with E-state index in [4.69, 9.17) is 0 Å². The lowest BCUT2D eigenvalue weighted by molar-refractivity contribution is 0.154. The molecule has 1 aromatic carbocycles. The minimum atomic E-state index is -0.262. The van der Waals surface area contributed by atoms with Gasteiger partial charge in [-0.1, -0.05) is 43.3 Å². The summed E-state index contributed by atoms with van der Waals surface area (Å²) in [5.41, 5.74) is 2.89. The summed E-state index contributed by atoms with van der Waals surface area (Å²) in [6.45, 7) is 6.34. The van der Waals surface area contributed by atoms with E-state index in [1.165, 1.54) is 0 Å². The summed E-state index contributed by atoms with van der Waals surface area (Å²) in [5.74, 6) is 0.757. The van der Waals surface area contributed by atoms with E-state index in [-0.39, 0.29) is 17.4 Å². The number of pyridine rings is 2. The maximum Gasteiger partial charge on any atom is 0.260 e. The summed E-state index contributed by atoms with van der Waals surface area (Å²) in [6, 6.07) is 17.2. The monoisotopic (exact) mass is 403 g/mol. The summed E-state index contributed by atoms with van der Waals surface area (Å²) >= 11 is 0. The largest absolute Gasteiger partial charge is 0.507 e. The molecule has 5 heteroatoms. The normalized spacial score (nSPS) is 16.5. The number of aryl methyl sites for hydroxylation is 1. The second-order valence-electron chi connectivity index (χ2n) is 8.33. The molecule has 1 saturated heterocycles. The Hall–Kier alpha value is -2.92. The number of hydrogen-bond acceptors (Lipinski definition) is 4. The highest BCUT2D eigenvalue weighted by atomic mass is 16.3. The van der Waals surface area contributed by atoms with Gasteiger partial charge >= 0.3 is 0 Å².